The van der Waals surface area contributed by atoms with Gasteiger partial charge in [0, 0.05) is 22.0 Å². The lowest BCUT2D eigenvalue weighted by Crippen LogP contribution is -2.11. The van der Waals surface area contributed by atoms with Crippen molar-refractivity contribution in [3.63, 3.8) is 0 Å². The van der Waals surface area contributed by atoms with Gasteiger partial charge < -0.3 is 5.32 Å². The zero-order chi connectivity index (χ0) is 17.8. The Labute approximate surface area is 159 Å². The van der Waals surface area contributed by atoms with Crippen molar-refractivity contribution in [2.75, 3.05) is 5.32 Å². The number of benzene rings is 2. The van der Waals surface area contributed by atoms with Gasteiger partial charge in [-0.1, -0.05) is 52.9 Å². The molecule has 0 aliphatic heterocycles. The number of hydrogen-bond acceptors (Lipinski definition) is 5. The van der Waals surface area contributed by atoms with Gasteiger partial charge in [0.2, 0.25) is 0 Å². The Morgan fingerprint density at radius 2 is 1.92 bits per heavy atom. The summed E-state index contributed by atoms with van der Waals surface area (Å²) >= 11 is 9.32. The molecule has 4 nitrogen and oxygen atoms in total. The minimum atomic E-state index is -0.154. The Morgan fingerprint density at radius 1 is 1.16 bits per heavy atom. The van der Waals surface area contributed by atoms with E-state index in [1.54, 1.807) is 29.2 Å². The summed E-state index contributed by atoms with van der Waals surface area (Å²) in [5, 5.41) is 12.6. The first-order valence-corrected chi connectivity index (χ1v) is 9.78. The summed E-state index contributed by atoms with van der Waals surface area (Å²) in [5.74, 6) is 0.642. The van der Waals surface area contributed by atoms with E-state index in [4.69, 9.17) is 11.6 Å². The van der Waals surface area contributed by atoms with Crippen molar-refractivity contribution < 1.29 is 4.79 Å². The SMILES string of the molecule is Cc1nnc(SCc2ccc(C(=O)Nc3ccc(C)c(Cl)c3)cc2)s1. The maximum atomic E-state index is 12.3. The van der Waals surface area contributed by atoms with Crippen LogP contribution in [0.25, 0.3) is 0 Å². The van der Waals surface area contributed by atoms with Crippen molar-refractivity contribution in [2.45, 2.75) is 23.9 Å². The molecule has 128 valence electrons. The van der Waals surface area contributed by atoms with Crippen molar-refractivity contribution in [2.24, 2.45) is 0 Å². The fourth-order valence-corrected chi connectivity index (χ4v) is 4.06. The number of aryl methyl sites for hydroxylation is 2. The second-order valence-corrected chi connectivity index (χ2v) is 8.30. The summed E-state index contributed by atoms with van der Waals surface area (Å²) < 4.78 is 0.954. The van der Waals surface area contributed by atoms with E-state index in [0.717, 1.165) is 26.2 Å². The normalized spacial score (nSPS) is 10.7. The quantitative estimate of drug-likeness (QED) is 0.597. The highest BCUT2D eigenvalue weighted by atomic mass is 35.5. The van der Waals surface area contributed by atoms with Crippen molar-refractivity contribution in [3.05, 3.63) is 69.2 Å². The number of halogens is 1. The first-order chi connectivity index (χ1) is 12.0. The van der Waals surface area contributed by atoms with Gasteiger partial charge in [-0.2, -0.15) is 0 Å². The predicted molar refractivity (Wildman–Crippen MR) is 105 cm³/mol. The molecule has 25 heavy (non-hydrogen) atoms. The van der Waals surface area contributed by atoms with Crippen molar-refractivity contribution in [1.82, 2.24) is 10.2 Å². The van der Waals surface area contributed by atoms with E-state index in [0.29, 0.717) is 16.3 Å². The highest BCUT2D eigenvalue weighted by Gasteiger charge is 2.08. The van der Waals surface area contributed by atoms with Crippen LogP contribution >= 0.6 is 34.7 Å². The number of thioether (sulfide) groups is 1. The summed E-state index contributed by atoms with van der Waals surface area (Å²) in [7, 11) is 0. The Kier molecular flexibility index (Phi) is 5.73. The fourth-order valence-electron chi connectivity index (χ4n) is 2.11. The van der Waals surface area contributed by atoms with Gasteiger partial charge in [0.15, 0.2) is 4.34 Å². The molecule has 0 saturated carbocycles. The van der Waals surface area contributed by atoms with E-state index in [1.165, 1.54) is 0 Å². The molecule has 0 fully saturated rings. The number of hydrogen-bond donors (Lipinski definition) is 1. The van der Waals surface area contributed by atoms with Crippen LogP contribution in [0, 0.1) is 13.8 Å². The summed E-state index contributed by atoms with van der Waals surface area (Å²) in [6.07, 6.45) is 0. The number of nitrogens with zero attached hydrogens (tertiary/aromatic N) is 2. The maximum absolute atomic E-state index is 12.3. The van der Waals surface area contributed by atoms with Gasteiger partial charge in [-0.15, -0.1) is 10.2 Å². The summed E-state index contributed by atoms with van der Waals surface area (Å²) in [6.45, 7) is 3.87. The number of carbonyl (C=O) groups is 1. The van der Waals surface area contributed by atoms with E-state index >= 15 is 0 Å². The third-order valence-electron chi connectivity index (χ3n) is 3.52. The largest absolute Gasteiger partial charge is 0.322 e. The molecule has 7 heteroatoms. The number of rotatable bonds is 5. The van der Waals surface area contributed by atoms with E-state index in [-0.39, 0.29) is 5.91 Å². The van der Waals surface area contributed by atoms with Crippen LogP contribution in [0.5, 0.6) is 0 Å². The zero-order valence-electron chi connectivity index (χ0n) is 13.7. The van der Waals surface area contributed by atoms with Crippen molar-refractivity contribution in [3.8, 4) is 0 Å². The third kappa shape index (κ3) is 4.81. The number of nitrogens with one attached hydrogen (secondary N) is 1. The van der Waals surface area contributed by atoms with Gasteiger partial charge in [0.1, 0.15) is 5.01 Å². The van der Waals surface area contributed by atoms with Gasteiger partial charge >= 0.3 is 0 Å². The smallest absolute Gasteiger partial charge is 0.255 e. The molecule has 1 heterocycles. The molecule has 0 radical (unpaired) electrons. The average molecular weight is 390 g/mol. The van der Waals surface area contributed by atoms with Gasteiger partial charge in [-0.3, -0.25) is 4.79 Å². The summed E-state index contributed by atoms with van der Waals surface area (Å²) in [4.78, 5) is 12.3. The Bertz CT molecular complexity index is 894. The van der Waals surface area contributed by atoms with Crippen LogP contribution in [0.2, 0.25) is 5.02 Å². The van der Waals surface area contributed by atoms with Gasteiger partial charge in [-0.05, 0) is 49.2 Å². The monoisotopic (exact) mass is 389 g/mol. The Morgan fingerprint density at radius 3 is 2.56 bits per heavy atom. The van der Waals surface area contributed by atoms with Crippen LogP contribution in [0.1, 0.15) is 26.5 Å². The van der Waals surface area contributed by atoms with Crippen LogP contribution in [0.4, 0.5) is 5.69 Å². The molecule has 0 aliphatic rings. The molecule has 1 amide bonds. The number of anilines is 1. The highest BCUT2D eigenvalue weighted by molar-refractivity contribution is 8.00. The molecule has 0 bridgehead atoms. The third-order valence-corrected chi connectivity index (χ3v) is 5.97. The predicted octanol–water partition coefficient (Wildman–Crippen LogP) is 5.35. The van der Waals surface area contributed by atoms with Crippen LogP contribution in [-0.4, -0.2) is 16.1 Å². The highest BCUT2D eigenvalue weighted by Crippen LogP contribution is 2.26. The summed E-state index contributed by atoms with van der Waals surface area (Å²) in [5.41, 5.74) is 3.41. The molecule has 3 aromatic rings. The van der Waals surface area contributed by atoms with Crippen molar-refractivity contribution >= 4 is 46.3 Å². The van der Waals surface area contributed by atoms with E-state index in [1.807, 2.05) is 50.2 Å². The van der Waals surface area contributed by atoms with Gasteiger partial charge in [-0.25, -0.2) is 0 Å². The Hall–Kier alpha value is -1.89. The zero-order valence-corrected chi connectivity index (χ0v) is 16.1. The second-order valence-electron chi connectivity index (χ2n) is 5.49. The first-order valence-electron chi connectivity index (χ1n) is 7.60. The van der Waals surface area contributed by atoms with E-state index < -0.39 is 0 Å². The summed E-state index contributed by atoms with van der Waals surface area (Å²) in [6, 6.07) is 13.0. The molecule has 0 unspecified atom stereocenters. The maximum Gasteiger partial charge on any atom is 0.255 e. The molecular weight excluding hydrogens is 374 g/mol. The molecule has 0 saturated heterocycles. The Balaban J connectivity index is 1.60. The topological polar surface area (TPSA) is 54.9 Å². The average Bonchev–Trinajstić information content (AvgIpc) is 3.02. The van der Waals surface area contributed by atoms with Gasteiger partial charge in [0.25, 0.3) is 5.91 Å². The minimum absolute atomic E-state index is 0.154. The lowest BCUT2D eigenvalue weighted by atomic mass is 10.1. The molecule has 3 rings (SSSR count). The van der Waals surface area contributed by atoms with Crippen LogP contribution in [0.15, 0.2) is 46.8 Å². The molecule has 0 aliphatic carbocycles. The lowest BCUT2D eigenvalue weighted by Gasteiger charge is -2.07. The number of carbonyl (C=O) groups excluding carboxylic acids is 1. The molecular formula is C18H16ClN3OS2. The first kappa shape index (κ1) is 17.9. The molecule has 1 N–H and O–H groups in total. The van der Waals surface area contributed by atoms with Gasteiger partial charge in [0.05, 0.1) is 0 Å². The fraction of sp³-hybridized carbons (Fsp3) is 0.167. The molecule has 0 atom stereocenters. The van der Waals surface area contributed by atoms with Crippen LogP contribution in [-0.2, 0) is 5.75 Å². The van der Waals surface area contributed by atoms with Crippen LogP contribution < -0.4 is 5.32 Å². The van der Waals surface area contributed by atoms with E-state index in [2.05, 4.69) is 15.5 Å². The standard InChI is InChI=1S/C18H16ClN3OS2/c1-11-3-8-15(9-16(11)19)20-17(23)14-6-4-13(5-7-14)10-24-18-22-21-12(2)25-18/h3-9H,10H2,1-2H3,(H,20,23). The molecule has 2 aromatic carbocycles. The number of amides is 1. The lowest BCUT2D eigenvalue weighted by molar-refractivity contribution is 0.102. The second kappa shape index (κ2) is 7.99. The molecule has 0 spiro atoms. The number of aromatic nitrogens is 2. The molecule has 1 aromatic heterocycles. The minimum Gasteiger partial charge on any atom is -0.322 e. The van der Waals surface area contributed by atoms with Crippen LogP contribution in [0.3, 0.4) is 0 Å². The van der Waals surface area contributed by atoms with E-state index in [9.17, 15) is 4.79 Å². The van der Waals surface area contributed by atoms with Crippen molar-refractivity contribution in [1.29, 1.82) is 0 Å².